The first-order valence-electron chi connectivity index (χ1n) is 8.37. The van der Waals surface area contributed by atoms with E-state index in [1.54, 1.807) is 7.05 Å². The topological polar surface area (TPSA) is 61.4 Å². The summed E-state index contributed by atoms with van der Waals surface area (Å²) in [7, 11) is 1.63. The van der Waals surface area contributed by atoms with E-state index in [-0.39, 0.29) is 11.8 Å². The first-order valence-corrected chi connectivity index (χ1v) is 8.37. The third-order valence-electron chi connectivity index (χ3n) is 4.57. The molecule has 2 atom stereocenters. The van der Waals surface area contributed by atoms with Crippen LogP contribution in [-0.2, 0) is 11.3 Å². The standard InChI is InChI=1S/C18H27N3O2/c1-4-17(22)21-10-9-16(13(2)12-21)20-11-14-5-7-15(8-6-14)18(23)19-3/h5-8,13,16,20H,4,9-12H2,1-3H3,(H,19,23)/t13-,16+/m1/s1. The number of nitrogens with zero attached hydrogens (tertiary/aromatic N) is 1. The van der Waals surface area contributed by atoms with Crippen molar-refractivity contribution in [2.24, 2.45) is 5.92 Å². The lowest BCUT2D eigenvalue weighted by atomic mass is 9.93. The Kier molecular flexibility index (Phi) is 6.16. The smallest absolute Gasteiger partial charge is 0.251 e. The summed E-state index contributed by atoms with van der Waals surface area (Å²) in [5.41, 5.74) is 1.84. The molecule has 1 aliphatic rings. The minimum absolute atomic E-state index is 0.0638. The Balaban J connectivity index is 1.84. The lowest BCUT2D eigenvalue weighted by Crippen LogP contribution is -2.49. The normalized spacial score (nSPS) is 21.1. The largest absolute Gasteiger partial charge is 0.355 e. The number of nitrogens with one attached hydrogen (secondary N) is 2. The van der Waals surface area contributed by atoms with Crippen LogP contribution in [0.3, 0.4) is 0 Å². The average molecular weight is 317 g/mol. The van der Waals surface area contributed by atoms with Crippen LogP contribution in [0, 0.1) is 5.92 Å². The number of hydrogen-bond donors (Lipinski definition) is 2. The summed E-state index contributed by atoms with van der Waals surface area (Å²) in [6, 6.07) is 8.09. The van der Waals surface area contributed by atoms with Crippen molar-refractivity contribution in [2.45, 2.75) is 39.3 Å². The van der Waals surface area contributed by atoms with Gasteiger partial charge in [-0.25, -0.2) is 0 Å². The van der Waals surface area contributed by atoms with Crippen LogP contribution in [0.1, 0.15) is 42.6 Å². The third kappa shape index (κ3) is 4.55. The van der Waals surface area contributed by atoms with Crippen molar-refractivity contribution in [3.8, 4) is 0 Å². The molecule has 5 heteroatoms. The number of rotatable bonds is 5. The number of carbonyl (C=O) groups excluding carboxylic acids is 2. The number of piperidine rings is 1. The summed E-state index contributed by atoms with van der Waals surface area (Å²) in [4.78, 5) is 25.3. The third-order valence-corrected chi connectivity index (χ3v) is 4.57. The minimum atomic E-state index is -0.0638. The van der Waals surface area contributed by atoms with Gasteiger partial charge < -0.3 is 15.5 Å². The molecule has 0 unspecified atom stereocenters. The fourth-order valence-electron chi connectivity index (χ4n) is 3.07. The summed E-state index contributed by atoms with van der Waals surface area (Å²) < 4.78 is 0. The Hall–Kier alpha value is -1.88. The zero-order valence-corrected chi connectivity index (χ0v) is 14.3. The highest BCUT2D eigenvalue weighted by Gasteiger charge is 2.27. The van der Waals surface area contributed by atoms with Gasteiger partial charge in [0, 0.05) is 44.7 Å². The van der Waals surface area contributed by atoms with Gasteiger partial charge in [0.05, 0.1) is 0 Å². The van der Waals surface area contributed by atoms with Gasteiger partial charge in [0.2, 0.25) is 5.91 Å². The van der Waals surface area contributed by atoms with Gasteiger partial charge in [0.25, 0.3) is 5.91 Å². The molecule has 0 bridgehead atoms. The molecule has 1 heterocycles. The number of benzene rings is 1. The van der Waals surface area contributed by atoms with E-state index in [4.69, 9.17) is 0 Å². The molecule has 1 aromatic carbocycles. The van der Waals surface area contributed by atoms with E-state index in [0.29, 0.717) is 23.9 Å². The van der Waals surface area contributed by atoms with E-state index >= 15 is 0 Å². The Morgan fingerprint density at radius 3 is 2.52 bits per heavy atom. The molecule has 2 rings (SSSR count). The van der Waals surface area contributed by atoms with Crippen molar-refractivity contribution < 1.29 is 9.59 Å². The first-order chi connectivity index (χ1) is 11.0. The van der Waals surface area contributed by atoms with Crippen molar-refractivity contribution in [3.63, 3.8) is 0 Å². The Labute approximate surface area is 138 Å². The maximum atomic E-state index is 11.8. The molecule has 0 saturated carbocycles. The first kappa shape index (κ1) is 17.5. The molecular formula is C18H27N3O2. The Bertz CT molecular complexity index is 542. The van der Waals surface area contributed by atoms with E-state index in [1.165, 1.54) is 0 Å². The minimum Gasteiger partial charge on any atom is -0.355 e. The van der Waals surface area contributed by atoms with Crippen LogP contribution in [0.5, 0.6) is 0 Å². The van der Waals surface area contributed by atoms with Gasteiger partial charge in [-0.2, -0.15) is 0 Å². The lowest BCUT2D eigenvalue weighted by molar-refractivity contribution is -0.132. The van der Waals surface area contributed by atoms with Crippen LogP contribution < -0.4 is 10.6 Å². The van der Waals surface area contributed by atoms with Crippen LogP contribution in [0.4, 0.5) is 0 Å². The van der Waals surface area contributed by atoms with E-state index in [0.717, 1.165) is 31.6 Å². The highest BCUT2D eigenvalue weighted by Crippen LogP contribution is 2.18. The quantitative estimate of drug-likeness (QED) is 0.870. The zero-order valence-electron chi connectivity index (χ0n) is 14.3. The molecule has 23 heavy (non-hydrogen) atoms. The van der Waals surface area contributed by atoms with Crippen molar-refractivity contribution in [1.82, 2.24) is 15.5 Å². The number of hydrogen-bond acceptors (Lipinski definition) is 3. The van der Waals surface area contributed by atoms with Gasteiger partial charge in [-0.1, -0.05) is 26.0 Å². The van der Waals surface area contributed by atoms with Crippen molar-refractivity contribution >= 4 is 11.8 Å². The second-order valence-corrected chi connectivity index (χ2v) is 6.22. The van der Waals surface area contributed by atoms with Crippen LogP contribution >= 0.6 is 0 Å². The zero-order chi connectivity index (χ0) is 16.8. The lowest BCUT2D eigenvalue weighted by Gasteiger charge is -2.37. The van der Waals surface area contributed by atoms with Crippen molar-refractivity contribution in [1.29, 1.82) is 0 Å². The van der Waals surface area contributed by atoms with Gasteiger partial charge in [0.15, 0.2) is 0 Å². The second-order valence-electron chi connectivity index (χ2n) is 6.22. The molecule has 1 fully saturated rings. The van der Waals surface area contributed by atoms with Crippen LogP contribution in [0.25, 0.3) is 0 Å². The maximum Gasteiger partial charge on any atom is 0.251 e. The molecule has 0 radical (unpaired) electrons. The highest BCUT2D eigenvalue weighted by molar-refractivity contribution is 5.93. The van der Waals surface area contributed by atoms with Crippen LogP contribution in [-0.4, -0.2) is 42.9 Å². The molecule has 0 aromatic heterocycles. The molecular weight excluding hydrogens is 290 g/mol. The van der Waals surface area contributed by atoms with Gasteiger partial charge in [-0.15, -0.1) is 0 Å². The average Bonchev–Trinajstić information content (AvgIpc) is 2.59. The van der Waals surface area contributed by atoms with Crippen LogP contribution in [0.15, 0.2) is 24.3 Å². The van der Waals surface area contributed by atoms with E-state index < -0.39 is 0 Å². The summed E-state index contributed by atoms with van der Waals surface area (Å²) in [6.45, 7) is 6.57. The molecule has 1 aromatic rings. The van der Waals surface area contributed by atoms with Gasteiger partial charge in [-0.3, -0.25) is 9.59 Å². The molecule has 0 aliphatic carbocycles. The summed E-state index contributed by atoms with van der Waals surface area (Å²) in [5.74, 6) is 0.635. The summed E-state index contributed by atoms with van der Waals surface area (Å²) in [6.07, 6.45) is 1.58. The van der Waals surface area contributed by atoms with E-state index in [9.17, 15) is 9.59 Å². The van der Waals surface area contributed by atoms with Gasteiger partial charge in [-0.05, 0) is 30.0 Å². The highest BCUT2D eigenvalue weighted by atomic mass is 16.2. The molecule has 0 spiro atoms. The van der Waals surface area contributed by atoms with E-state index in [2.05, 4.69) is 17.6 Å². The molecule has 2 N–H and O–H groups in total. The number of carbonyl (C=O) groups is 2. The molecule has 2 amide bonds. The Morgan fingerprint density at radius 1 is 1.26 bits per heavy atom. The van der Waals surface area contributed by atoms with Gasteiger partial charge in [0.1, 0.15) is 0 Å². The van der Waals surface area contributed by atoms with Crippen molar-refractivity contribution in [3.05, 3.63) is 35.4 Å². The number of likely N-dealkylation sites (tertiary alicyclic amines) is 1. The SMILES string of the molecule is CCC(=O)N1CC[C@H](NCc2ccc(C(=O)NC)cc2)[C@H](C)C1. The number of amides is 2. The predicted molar refractivity (Wildman–Crippen MR) is 91.1 cm³/mol. The fourth-order valence-corrected chi connectivity index (χ4v) is 3.07. The fraction of sp³-hybridized carbons (Fsp3) is 0.556. The Morgan fingerprint density at radius 2 is 1.96 bits per heavy atom. The molecule has 126 valence electrons. The monoisotopic (exact) mass is 317 g/mol. The second kappa shape index (κ2) is 8.11. The van der Waals surface area contributed by atoms with E-state index in [1.807, 2.05) is 36.1 Å². The van der Waals surface area contributed by atoms with Gasteiger partial charge >= 0.3 is 0 Å². The molecule has 1 aliphatic heterocycles. The molecule has 5 nitrogen and oxygen atoms in total. The maximum absolute atomic E-state index is 11.8. The van der Waals surface area contributed by atoms with Crippen molar-refractivity contribution in [2.75, 3.05) is 20.1 Å². The molecule has 1 saturated heterocycles. The van der Waals surface area contributed by atoms with Crippen LogP contribution in [0.2, 0.25) is 0 Å². The summed E-state index contributed by atoms with van der Waals surface area (Å²) in [5, 5.41) is 6.21. The summed E-state index contributed by atoms with van der Waals surface area (Å²) >= 11 is 0. The predicted octanol–water partition coefficient (Wildman–Crippen LogP) is 1.78.